The number of morpholine rings is 1. The first kappa shape index (κ1) is 21.8. The highest BCUT2D eigenvalue weighted by atomic mass is 32.1. The fraction of sp³-hybridized carbons (Fsp3) is 0.231. The van der Waals surface area contributed by atoms with Crippen LogP contribution in [0.3, 0.4) is 0 Å². The van der Waals surface area contributed by atoms with Gasteiger partial charge in [-0.3, -0.25) is 4.90 Å². The number of hydrogen-bond acceptors (Lipinski definition) is 9. The van der Waals surface area contributed by atoms with Gasteiger partial charge in [0.25, 0.3) is 0 Å². The molecule has 8 nitrogen and oxygen atoms in total. The van der Waals surface area contributed by atoms with E-state index in [1.807, 2.05) is 42.5 Å². The van der Waals surface area contributed by atoms with Crippen LogP contribution in [-0.4, -0.2) is 51.3 Å². The Kier molecular flexibility index (Phi) is 5.95. The first-order chi connectivity index (χ1) is 17.2. The molecule has 35 heavy (non-hydrogen) atoms. The molecule has 0 spiro atoms. The van der Waals surface area contributed by atoms with Gasteiger partial charge in [0.1, 0.15) is 16.4 Å². The topological polar surface area (TPSA) is 86.4 Å². The average molecular weight is 486 g/mol. The Morgan fingerprint density at radius 2 is 1.74 bits per heavy atom. The highest BCUT2D eigenvalue weighted by Gasteiger charge is 2.19. The lowest BCUT2D eigenvalue weighted by atomic mass is 10.1. The van der Waals surface area contributed by atoms with Crippen LogP contribution in [0.2, 0.25) is 0 Å². The van der Waals surface area contributed by atoms with Crippen LogP contribution in [-0.2, 0) is 11.3 Å². The standard InChI is InChI=1S/C26H23N5O3S/c1-17-27-24(30-34-17)19-7-9-20(10-8-19)33-25-23-21(18-5-3-2-4-6-18)16-35-26(23)29-22(28-25)15-31-11-13-32-14-12-31/h2-10,16H,11-15H2,1H3. The fourth-order valence-corrected chi connectivity index (χ4v) is 5.04. The van der Waals surface area contributed by atoms with E-state index in [9.17, 15) is 0 Å². The molecule has 6 rings (SSSR count). The van der Waals surface area contributed by atoms with E-state index in [-0.39, 0.29) is 0 Å². The van der Waals surface area contributed by atoms with Crippen LogP contribution in [0.1, 0.15) is 11.7 Å². The second-order valence-electron chi connectivity index (χ2n) is 8.29. The molecule has 1 fully saturated rings. The Balaban J connectivity index is 1.37. The summed E-state index contributed by atoms with van der Waals surface area (Å²) in [6.07, 6.45) is 0. The molecule has 0 unspecified atom stereocenters. The predicted octanol–water partition coefficient (Wildman–Crippen LogP) is 5.34. The number of hydrogen-bond donors (Lipinski definition) is 0. The van der Waals surface area contributed by atoms with Crippen molar-refractivity contribution in [3.05, 3.63) is 71.7 Å². The third-order valence-corrected chi connectivity index (χ3v) is 6.73. The van der Waals surface area contributed by atoms with Gasteiger partial charge in [0, 0.05) is 36.5 Å². The monoisotopic (exact) mass is 485 g/mol. The molecule has 2 aromatic carbocycles. The molecule has 5 aromatic rings. The summed E-state index contributed by atoms with van der Waals surface area (Å²) in [5.74, 6) is 3.06. The average Bonchev–Trinajstić information content (AvgIpc) is 3.52. The SMILES string of the molecule is Cc1nc(-c2ccc(Oc3nc(CN4CCOCC4)nc4scc(-c5ccccc5)c34)cc2)no1. The molecule has 9 heteroatoms. The summed E-state index contributed by atoms with van der Waals surface area (Å²) in [4.78, 5) is 17.3. The predicted molar refractivity (Wildman–Crippen MR) is 133 cm³/mol. The Morgan fingerprint density at radius 1 is 0.943 bits per heavy atom. The van der Waals surface area contributed by atoms with Crippen molar-refractivity contribution < 1.29 is 14.0 Å². The zero-order chi connectivity index (χ0) is 23.6. The molecule has 3 aromatic heterocycles. The lowest BCUT2D eigenvalue weighted by Crippen LogP contribution is -2.36. The molecule has 0 bridgehead atoms. The van der Waals surface area contributed by atoms with Gasteiger partial charge in [0.05, 0.1) is 25.1 Å². The molecule has 0 aliphatic carbocycles. The Morgan fingerprint density at radius 3 is 2.49 bits per heavy atom. The van der Waals surface area contributed by atoms with Gasteiger partial charge in [-0.05, 0) is 29.8 Å². The van der Waals surface area contributed by atoms with Gasteiger partial charge < -0.3 is 14.0 Å². The van der Waals surface area contributed by atoms with Gasteiger partial charge >= 0.3 is 0 Å². The summed E-state index contributed by atoms with van der Waals surface area (Å²) < 4.78 is 17.0. The first-order valence-electron chi connectivity index (χ1n) is 11.5. The van der Waals surface area contributed by atoms with Crippen molar-refractivity contribution in [2.75, 3.05) is 26.3 Å². The Hall–Kier alpha value is -3.66. The third kappa shape index (κ3) is 4.66. The maximum atomic E-state index is 6.39. The van der Waals surface area contributed by atoms with E-state index in [0.717, 1.165) is 59.0 Å². The molecular weight excluding hydrogens is 462 g/mol. The molecular formula is C26H23N5O3S. The van der Waals surface area contributed by atoms with E-state index in [0.29, 0.717) is 29.9 Å². The molecule has 0 saturated carbocycles. The van der Waals surface area contributed by atoms with E-state index in [4.69, 9.17) is 24.0 Å². The van der Waals surface area contributed by atoms with Crippen LogP contribution < -0.4 is 4.74 Å². The Bertz CT molecular complexity index is 1440. The summed E-state index contributed by atoms with van der Waals surface area (Å²) in [5, 5.41) is 7.03. The second kappa shape index (κ2) is 9.53. The van der Waals surface area contributed by atoms with Crippen LogP contribution in [0.15, 0.2) is 64.5 Å². The van der Waals surface area contributed by atoms with Crippen molar-refractivity contribution in [3.63, 3.8) is 0 Å². The molecule has 0 N–H and O–H groups in total. The largest absolute Gasteiger partial charge is 0.438 e. The Labute approximate surface area is 206 Å². The van der Waals surface area contributed by atoms with E-state index < -0.39 is 0 Å². The fourth-order valence-electron chi connectivity index (χ4n) is 4.09. The van der Waals surface area contributed by atoms with Gasteiger partial charge in [-0.15, -0.1) is 11.3 Å². The molecule has 0 radical (unpaired) electrons. The maximum absolute atomic E-state index is 6.39. The number of nitrogens with zero attached hydrogens (tertiary/aromatic N) is 5. The molecule has 0 amide bonds. The number of aryl methyl sites for hydroxylation is 1. The number of thiophene rings is 1. The van der Waals surface area contributed by atoms with E-state index in [1.165, 1.54) is 0 Å². The van der Waals surface area contributed by atoms with E-state index in [1.54, 1.807) is 18.3 Å². The minimum Gasteiger partial charge on any atom is -0.438 e. The second-order valence-corrected chi connectivity index (χ2v) is 9.15. The highest BCUT2D eigenvalue weighted by Crippen LogP contribution is 2.39. The van der Waals surface area contributed by atoms with Crippen LogP contribution in [0.25, 0.3) is 32.7 Å². The van der Waals surface area contributed by atoms with Crippen LogP contribution in [0, 0.1) is 6.92 Å². The summed E-state index contributed by atoms with van der Waals surface area (Å²) in [5.41, 5.74) is 3.03. The van der Waals surface area contributed by atoms with Crippen molar-refractivity contribution in [2.24, 2.45) is 0 Å². The van der Waals surface area contributed by atoms with Gasteiger partial charge in [0.2, 0.25) is 17.6 Å². The van der Waals surface area contributed by atoms with Gasteiger partial charge in [-0.1, -0.05) is 35.5 Å². The number of aromatic nitrogens is 4. The summed E-state index contributed by atoms with van der Waals surface area (Å²) >= 11 is 1.61. The van der Waals surface area contributed by atoms with E-state index >= 15 is 0 Å². The van der Waals surface area contributed by atoms with E-state index in [2.05, 4.69) is 32.6 Å². The number of rotatable bonds is 6. The third-order valence-electron chi connectivity index (χ3n) is 5.85. The van der Waals surface area contributed by atoms with Crippen LogP contribution in [0.5, 0.6) is 11.6 Å². The van der Waals surface area contributed by atoms with Gasteiger partial charge in [-0.2, -0.15) is 9.97 Å². The molecule has 176 valence electrons. The minimum absolute atomic E-state index is 0.530. The summed E-state index contributed by atoms with van der Waals surface area (Å²) in [6, 6.07) is 17.9. The zero-order valence-corrected chi connectivity index (χ0v) is 20.0. The van der Waals surface area contributed by atoms with Gasteiger partial charge in [-0.25, -0.2) is 4.98 Å². The maximum Gasteiger partial charge on any atom is 0.232 e. The van der Waals surface area contributed by atoms with Crippen molar-refractivity contribution in [2.45, 2.75) is 13.5 Å². The minimum atomic E-state index is 0.530. The summed E-state index contributed by atoms with van der Waals surface area (Å²) in [7, 11) is 0. The number of ether oxygens (including phenoxy) is 2. The van der Waals surface area contributed by atoms with Crippen molar-refractivity contribution >= 4 is 21.6 Å². The zero-order valence-electron chi connectivity index (χ0n) is 19.2. The quantitative estimate of drug-likeness (QED) is 0.319. The molecule has 0 atom stereocenters. The lowest BCUT2D eigenvalue weighted by molar-refractivity contribution is 0.0330. The molecule has 1 saturated heterocycles. The van der Waals surface area contributed by atoms with Crippen molar-refractivity contribution in [3.8, 4) is 34.1 Å². The van der Waals surface area contributed by atoms with Gasteiger partial charge in [0.15, 0.2) is 0 Å². The normalized spacial score (nSPS) is 14.4. The first-order valence-corrected chi connectivity index (χ1v) is 12.3. The molecule has 4 heterocycles. The lowest BCUT2D eigenvalue weighted by Gasteiger charge is -2.25. The van der Waals surface area contributed by atoms with Crippen molar-refractivity contribution in [1.29, 1.82) is 0 Å². The van der Waals surface area contributed by atoms with Crippen LogP contribution in [0.4, 0.5) is 0 Å². The highest BCUT2D eigenvalue weighted by molar-refractivity contribution is 7.17. The smallest absolute Gasteiger partial charge is 0.232 e. The number of benzene rings is 2. The molecule has 1 aliphatic heterocycles. The summed E-state index contributed by atoms with van der Waals surface area (Å²) in [6.45, 7) is 5.63. The molecule has 1 aliphatic rings. The van der Waals surface area contributed by atoms with Crippen molar-refractivity contribution in [1.82, 2.24) is 25.0 Å². The van der Waals surface area contributed by atoms with Crippen LogP contribution >= 0.6 is 11.3 Å². The number of fused-ring (bicyclic) bond motifs is 1.